The van der Waals surface area contributed by atoms with E-state index in [-0.39, 0.29) is 17.0 Å². The van der Waals surface area contributed by atoms with Gasteiger partial charge in [-0.1, -0.05) is 19.6 Å². The zero-order valence-corrected chi connectivity index (χ0v) is 17.2. The molecule has 28 heavy (non-hydrogen) atoms. The van der Waals surface area contributed by atoms with Gasteiger partial charge >= 0.3 is 0 Å². The zero-order chi connectivity index (χ0) is 20.2. The molecule has 2 saturated heterocycles. The van der Waals surface area contributed by atoms with Gasteiger partial charge in [0.05, 0.1) is 5.60 Å². The molecule has 0 aromatic carbocycles. The Kier molecular flexibility index (Phi) is 6.33. The van der Waals surface area contributed by atoms with Crippen LogP contribution >= 0.6 is 0 Å². The standard InChI is InChI=1S/C21H31N5O2/c1-5-19(27)26(18-8-6-7-17(22-4)24-18)16-21(25-12-10-23-11-13-25)9-14-28-20(2,3)15-21/h6-8,23H,5,9-16H2,1-3H3. The number of ether oxygens (including phenoxy) is 1. The molecule has 152 valence electrons. The molecule has 0 radical (unpaired) electrons. The molecule has 3 rings (SSSR count). The fourth-order valence-corrected chi connectivity index (χ4v) is 4.50. The first-order chi connectivity index (χ1) is 13.4. The minimum Gasteiger partial charge on any atom is -0.375 e. The highest BCUT2D eigenvalue weighted by molar-refractivity contribution is 5.92. The average molecular weight is 386 g/mol. The number of amides is 1. The molecule has 0 spiro atoms. The summed E-state index contributed by atoms with van der Waals surface area (Å²) in [5.41, 5.74) is -0.402. The van der Waals surface area contributed by atoms with Crippen molar-refractivity contribution in [3.05, 3.63) is 29.6 Å². The lowest BCUT2D eigenvalue weighted by Crippen LogP contribution is -2.65. The van der Waals surface area contributed by atoms with Crippen molar-refractivity contribution in [1.29, 1.82) is 0 Å². The SMILES string of the molecule is [C-]#[N+]c1cccc(N(CC2(N3CCNCC3)CCOC(C)(C)C2)C(=O)CC)n1. The van der Waals surface area contributed by atoms with Crippen molar-refractivity contribution in [3.8, 4) is 0 Å². The predicted octanol–water partition coefficient (Wildman–Crippen LogP) is 2.61. The normalized spacial score (nSPS) is 25.1. The Bertz CT molecular complexity index is 739. The van der Waals surface area contributed by atoms with E-state index in [0.717, 1.165) is 39.0 Å². The Morgan fingerprint density at radius 1 is 1.39 bits per heavy atom. The van der Waals surface area contributed by atoms with Crippen LogP contribution in [0.5, 0.6) is 0 Å². The Balaban J connectivity index is 1.97. The average Bonchev–Trinajstić information content (AvgIpc) is 2.71. The van der Waals surface area contributed by atoms with E-state index in [2.05, 4.69) is 33.9 Å². The van der Waals surface area contributed by atoms with Gasteiger partial charge in [-0.15, -0.1) is 4.98 Å². The smallest absolute Gasteiger partial charge is 0.271 e. The number of rotatable bonds is 5. The number of nitrogens with zero attached hydrogens (tertiary/aromatic N) is 4. The van der Waals surface area contributed by atoms with Crippen LogP contribution < -0.4 is 10.2 Å². The van der Waals surface area contributed by atoms with Crippen LogP contribution in [0.1, 0.15) is 40.0 Å². The molecule has 0 saturated carbocycles. The molecule has 1 atom stereocenters. The summed E-state index contributed by atoms with van der Waals surface area (Å²) in [6, 6.07) is 5.31. The molecule has 1 N–H and O–H groups in total. The van der Waals surface area contributed by atoms with Gasteiger partial charge in [0.15, 0.2) is 0 Å². The lowest BCUT2D eigenvalue weighted by molar-refractivity contribution is -0.127. The van der Waals surface area contributed by atoms with Gasteiger partial charge in [0.2, 0.25) is 11.7 Å². The molecule has 7 heteroatoms. The Labute approximate surface area is 167 Å². The second-order valence-electron chi connectivity index (χ2n) is 8.30. The summed E-state index contributed by atoms with van der Waals surface area (Å²) in [4.78, 5) is 25.1. The summed E-state index contributed by atoms with van der Waals surface area (Å²) in [7, 11) is 0. The largest absolute Gasteiger partial charge is 0.375 e. The van der Waals surface area contributed by atoms with Crippen molar-refractivity contribution >= 4 is 17.5 Å². The lowest BCUT2D eigenvalue weighted by atomic mass is 9.78. The molecule has 0 aliphatic carbocycles. The molecule has 1 aromatic heterocycles. The van der Waals surface area contributed by atoms with Crippen LogP contribution in [-0.4, -0.2) is 66.3 Å². The minimum absolute atomic E-state index is 0.0356. The Morgan fingerprint density at radius 2 is 2.14 bits per heavy atom. The van der Waals surface area contributed by atoms with Crippen LogP contribution in [0.3, 0.4) is 0 Å². The van der Waals surface area contributed by atoms with E-state index in [0.29, 0.717) is 31.2 Å². The van der Waals surface area contributed by atoms with Gasteiger partial charge in [-0.2, -0.15) is 0 Å². The third-order valence-electron chi connectivity index (χ3n) is 5.77. The maximum Gasteiger partial charge on any atom is 0.271 e. The lowest BCUT2D eigenvalue weighted by Gasteiger charge is -2.53. The number of carbonyl (C=O) groups excluding carboxylic acids is 1. The van der Waals surface area contributed by atoms with Gasteiger partial charge in [-0.25, -0.2) is 0 Å². The molecule has 1 amide bonds. The fraction of sp³-hybridized carbons (Fsp3) is 0.667. The van der Waals surface area contributed by atoms with Gasteiger partial charge in [0, 0.05) is 57.4 Å². The van der Waals surface area contributed by atoms with Crippen molar-refractivity contribution in [2.45, 2.75) is 51.2 Å². The highest BCUT2D eigenvalue weighted by Crippen LogP contribution is 2.38. The molecule has 7 nitrogen and oxygen atoms in total. The number of carbonyl (C=O) groups is 1. The molecule has 2 fully saturated rings. The molecule has 2 aliphatic rings. The number of aromatic nitrogens is 1. The van der Waals surface area contributed by atoms with Crippen LogP contribution in [-0.2, 0) is 9.53 Å². The number of pyridine rings is 1. The van der Waals surface area contributed by atoms with Crippen molar-refractivity contribution < 1.29 is 9.53 Å². The summed E-state index contributed by atoms with van der Waals surface area (Å²) in [6.45, 7) is 18.5. The predicted molar refractivity (Wildman–Crippen MR) is 110 cm³/mol. The van der Waals surface area contributed by atoms with Gasteiger partial charge in [-0.05, 0) is 32.8 Å². The molecular weight excluding hydrogens is 354 g/mol. The highest BCUT2D eigenvalue weighted by atomic mass is 16.5. The number of anilines is 1. The molecular formula is C21H31N5O2. The topological polar surface area (TPSA) is 62.1 Å². The van der Waals surface area contributed by atoms with Crippen LogP contribution in [0.25, 0.3) is 4.85 Å². The molecule has 1 unspecified atom stereocenters. The van der Waals surface area contributed by atoms with Crippen molar-refractivity contribution in [2.24, 2.45) is 0 Å². The second-order valence-corrected chi connectivity index (χ2v) is 8.30. The van der Waals surface area contributed by atoms with Crippen molar-refractivity contribution in [3.63, 3.8) is 0 Å². The molecule has 1 aromatic rings. The highest BCUT2D eigenvalue weighted by Gasteiger charge is 2.47. The number of hydrogen-bond acceptors (Lipinski definition) is 5. The summed E-state index contributed by atoms with van der Waals surface area (Å²) in [5, 5.41) is 3.43. The van der Waals surface area contributed by atoms with E-state index >= 15 is 0 Å². The number of hydrogen-bond donors (Lipinski definition) is 1. The first-order valence-corrected chi connectivity index (χ1v) is 10.1. The van der Waals surface area contributed by atoms with E-state index in [4.69, 9.17) is 11.3 Å². The molecule has 3 heterocycles. The Hall–Kier alpha value is -2.01. The first kappa shape index (κ1) is 20.7. The van der Waals surface area contributed by atoms with Crippen molar-refractivity contribution in [1.82, 2.24) is 15.2 Å². The van der Waals surface area contributed by atoms with E-state index in [1.807, 2.05) is 13.0 Å². The van der Waals surface area contributed by atoms with Gasteiger partial charge in [0.25, 0.3) is 5.82 Å². The second kappa shape index (κ2) is 8.56. The quantitative estimate of drug-likeness (QED) is 0.790. The molecule has 0 bridgehead atoms. The Morgan fingerprint density at radius 3 is 2.79 bits per heavy atom. The van der Waals surface area contributed by atoms with Crippen LogP contribution in [0.4, 0.5) is 11.6 Å². The monoisotopic (exact) mass is 385 g/mol. The van der Waals surface area contributed by atoms with Crippen LogP contribution in [0, 0.1) is 6.57 Å². The number of nitrogens with one attached hydrogen (secondary N) is 1. The van der Waals surface area contributed by atoms with E-state index in [9.17, 15) is 4.79 Å². The summed E-state index contributed by atoms with van der Waals surface area (Å²) >= 11 is 0. The third kappa shape index (κ3) is 4.52. The zero-order valence-electron chi connectivity index (χ0n) is 17.2. The minimum atomic E-state index is -0.240. The van der Waals surface area contributed by atoms with Gasteiger partial charge in [0.1, 0.15) is 0 Å². The number of piperazine rings is 1. The van der Waals surface area contributed by atoms with E-state index < -0.39 is 0 Å². The van der Waals surface area contributed by atoms with Gasteiger partial charge < -0.3 is 14.9 Å². The van der Waals surface area contributed by atoms with E-state index in [1.54, 1.807) is 17.0 Å². The summed E-state index contributed by atoms with van der Waals surface area (Å²) < 4.78 is 6.02. The molecule has 2 aliphatic heterocycles. The fourth-order valence-electron chi connectivity index (χ4n) is 4.50. The van der Waals surface area contributed by atoms with Crippen LogP contribution in [0.15, 0.2) is 18.2 Å². The maximum absolute atomic E-state index is 12.9. The van der Waals surface area contributed by atoms with Crippen molar-refractivity contribution in [2.75, 3.05) is 44.2 Å². The first-order valence-electron chi connectivity index (χ1n) is 10.1. The maximum atomic E-state index is 12.9. The summed E-state index contributed by atoms with van der Waals surface area (Å²) in [5.74, 6) is 0.919. The van der Waals surface area contributed by atoms with Gasteiger partial charge in [-0.3, -0.25) is 14.6 Å². The van der Waals surface area contributed by atoms with E-state index in [1.165, 1.54) is 0 Å². The summed E-state index contributed by atoms with van der Waals surface area (Å²) in [6.07, 6.45) is 2.14. The van der Waals surface area contributed by atoms with Crippen LogP contribution in [0.2, 0.25) is 0 Å². The third-order valence-corrected chi connectivity index (χ3v) is 5.77.